The van der Waals surface area contributed by atoms with Crippen molar-refractivity contribution in [2.75, 3.05) is 5.75 Å². The molecule has 1 unspecified atom stereocenters. The van der Waals surface area contributed by atoms with E-state index in [1.54, 1.807) is 11.8 Å². The third-order valence-electron chi connectivity index (χ3n) is 3.90. The molecule has 23 heavy (non-hydrogen) atoms. The second-order valence-electron chi connectivity index (χ2n) is 5.49. The number of carbonyl (C=O) groups excluding carboxylic acids is 1. The van der Waals surface area contributed by atoms with E-state index in [9.17, 15) is 15.0 Å². The number of furan rings is 1. The van der Waals surface area contributed by atoms with Crippen molar-refractivity contribution < 1.29 is 19.4 Å². The summed E-state index contributed by atoms with van der Waals surface area (Å²) >= 11 is 1.49. The van der Waals surface area contributed by atoms with Crippen molar-refractivity contribution in [3.8, 4) is 5.75 Å². The van der Waals surface area contributed by atoms with Gasteiger partial charge in [0.05, 0.1) is 24.6 Å². The zero-order valence-electron chi connectivity index (χ0n) is 12.9. The Hall–Kier alpha value is -1.99. The van der Waals surface area contributed by atoms with Gasteiger partial charge < -0.3 is 19.5 Å². The molecular formula is C16H18N2O4S. The molecule has 0 aliphatic carbocycles. The molecule has 0 bridgehead atoms. The number of aliphatic hydroxyl groups is 1. The molecule has 2 N–H and O–H groups in total. The predicted molar refractivity (Wildman–Crippen MR) is 85.8 cm³/mol. The van der Waals surface area contributed by atoms with Crippen LogP contribution in [-0.4, -0.2) is 31.8 Å². The molecule has 3 rings (SSSR count). The molecule has 1 atom stereocenters. The number of thioether (sulfide) groups is 1. The monoisotopic (exact) mass is 334 g/mol. The number of hydrogen-bond acceptors (Lipinski definition) is 6. The molecule has 7 heteroatoms. The number of aromatic nitrogens is 1. The van der Waals surface area contributed by atoms with E-state index in [1.807, 2.05) is 19.1 Å². The molecule has 0 saturated carbocycles. The van der Waals surface area contributed by atoms with Gasteiger partial charge in [0.25, 0.3) is 0 Å². The zero-order valence-corrected chi connectivity index (χ0v) is 13.8. The summed E-state index contributed by atoms with van der Waals surface area (Å²) in [5.74, 6) is 1.87. The molecule has 3 heterocycles. The van der Waals surface area contributed by atoms with Crippen molar-refractivity contribution >= 4 is 17.7 Å². The highest BCUT2D eigenvalue weighted by Crippen LogP contribution is 2.41. The first-order chi connectivity index (χ1) is 11.0. The van der Waals surface area contributed by atoms with Crippen LogP contribution in [-0.2, 0) is 17.9 Å². The van der Waals surface area contributed by atoms with Crippen LogP contribution in [0.15, 0.2) is 22.7 Å². The van der Waals surface area contributed by atoms with Crippen LogP contribution in [0, 0.1) is 13.8 Å². The van der Waals surface area contributed by atoms with Gasteiger partial charge in [0.15, 0.2) is 0 Å². The molecule has 6 nitrogen and oxygen atoms in total. The van der Waals surface area contributed by atoms with Gasteiger partial charge >= 0.3 is 0 Å². The molecule has 0 aromatic carbocycles. The van der Waals surface area contributed by atoms with Crippen LogP contribution < -0.4 is 0 Å². The first kappa shape index (κ1) is 15.9. The number of amides is 1. The Morgan fingerprint density at radius 2 is 2.22 bits per heavy atom. The lowest BCUT2D eigenvalue weighted by Crippen LogP contribution is -2.28. The smallest absolute Gasteiger partial charge is 0.234 e. The van der Waals surface area contributed by atoms with E-state index in [-0.39, 0.29) is 30.2 Å². The summed E-state index contributed by atoms with van der Waals surface area (Å²) in [5.41, 5.74) is 1.53. The van der Waals surface area contributed by atoms with Crippen LogP contribution >= 0.6 is 11.8 Å². The molecule has 1 saturated heterocycles. The molecule has 2 aromatic rings. The first-order valence-corrected chi connectivity index (χ1v) is 8.30. The zero-order chi connectivity index (χ0) is 16.6. The highest BCUT2D eigenvalue weighted by molar-refractivity contribution is 8.00. The fourth-order valence-electron chi connectivity index (χ4n) is 2.61. The highest BCUT2D eigenvalue weighted by atomic mass is 32.2. The van der Waals surface area contributed by atoms with Crippen molar-refractivity contribution in [2.45, 2.75) is 32.4 Å². The largest absolute Gasteiger partial charge is 0.506 e. The van der Waals surface area contributed by atoms with Crippen molar-refractivity contribution in [3.05, 3.63) is 46.7 Å². The van der Waals surface area contributed by atoms with E-state index in [4.69, 9.17) is 4.42 Å². The van der Waals surface area contributed by atoms with Crippen LogP contribution in [0.2, 0.25) is 0 Å². The molecule has 0 radical (unpaired) electrons. The van der Waals surface area contributed by atoms with Crippen LogP contribution in [0.1, 0.15) is 33.7 Å². The van der Waals surface area contributed by atoms with Crippen LogP contribution in [0.5, 0.6) is 5.75 Å². The van der Waals surface area contributed by atoms with E-state index >= 15 is 0 Å². The van der Waals surface area contributed by atoms with Gasteiger partial charge in [-0.15, -0.1) is 11.8 Å². The molecule has 1 aliphatic rings. The lowest BCUT2D eigenvalue weighted by molar-refractivity contribution is -0.128. The Bertz CT molecular complexity index is 744. The lowest BCUT2D eigenvalue weighted by Gasteiger charge is -2.24. The summed E-state index contributed by atoms with van der Waals surface area (Å²) in [6.07, 6.45) is 1.53. The second-order valence-corrected chi connectivity index (χ2v) is 6.56. The van der Waals surface area contributed by atoms with Gasteiger partial charge in [-0.3, -0.25) is 9.78 Å². The molecular weight excluding hydrogens is 316 g/mol. The average Bonchev–Trinajstić information content (AvgIpc) is 3.11. The van der Waals surface area contributed by atoms with Crippen molar-refractivity contribution in [2.24, 2.45) is 0 Å². The van der Waals surface area contributed by atoms with Crippen molar-refractivity contribution in [1.82, 2.24) is 9.88 Å². The van der Waals surface area contributed by atoms with Gasteiger partial charge in [-0.05, 0) is 26.0 Å². The number of carbonyl (C=O) groups is 1. The van der Waals surface area contributed by atoms with E-state index in [0.717, 1.165) is 5.76 Å². The van der Waals surface area contributed by atoms with Gasteiger partial charge in [-0.25, -0.2) is 0 Å². The Kier molecular flexibility index (Phi) is 4.32. The van der Waals surface area contributed by atoms with E-state index in [0.29, 0.717) is 28.3 Å². The molecule has 0 spiro atoms. The van der Waals surface area contributed by atoms with Crippen molar-refractivity contribution in [1.29, 1.82) is 0 Å². The van der Waals surface area contributed by atoms with Gasteiger partial charge in [0.1, 0.15) is 22.6 Å². The van der Waals surface area contributed by atoms with Crippen LogP contribution in [0.4, 0.5) is 0 Å². The summed E-state index contributed by atoms with van der Waals surface area (Å²) < 4.78 is 5.66. The summed E-state index contributed by atoms with van der Waals surface area (Å²) in [4.78, 5) is 18.0. The predicted octanol–water partition coefficient (Wildman–Crippen LogP) is 2.26. The number of hydrogen-bond donors (Lipinski definition) is 2. The summed E-state index contributed by atoms with van der Waals surface area (Å²) in [7, 11) is 0. The minimum Gasteiger partial charge on any atom is -0.506 e. The number of pyridine rings is 1. The summed E-state index contributed by atoms with van der Waals surface area (Å²) in [6, 6.07) is 3.73. The number of rotatable bonds is 4. The van der Waals surface area contributed by atoms with Gasteiger partial charge in [-0.1, -0.05) is 0 Å². The maximum absolute atomic E-state index is 12.3. The second kappa shape index (κ2) is 6.25. The first-order valence-electron chi connectivity index (χ1n) is 7.26. The molecule has 2 aromatic heterocycles. The molecule has 1 amide bonds. The maximum atomic E-state index is 12.3. The van der Waals surface area contributed by atoms with E-state index < -0.39 is 0 Å². The molecule has 122 valence electrons. The summed E-state index contributed by atoms with van der Waals surface area (Å²) in [5, 5.41) is 19.5. The Morgan fingerprint density at radius 3 is 2.87 bits per heavy atom. The number of aliphatic hydroxyl groups excluding tert-OH is 1. The van der Waals surface area contributed by atoms with E-state index in [2.05, 4.69) is 4.98 Å². The minimum absolute atomic E-state index is 0.0215. The Morgan fingerprint density at radius 1 is 1.43 bits per heavy atom. The summed E-state index contributed by atoms with van der Waals surface area (Å²) in [6.45, 7) is 3.52. The molecule has 1 fully saturated rings. The SMILES string of the molecule is Cc1ccc(C2SCC(=O)N2Cc2c(CO)cnc(C)c2O)o1. The van der Waals surface area contributed by atoms with Gasteiger partial charge in [-0.2, -0.15) is 0 Å². The standard InChI is InChI=1S/C16H18N2O4S/c1-9-3-4-13(22-9)16-18(14(20)8-23-16)6-12-11(7-19)5-17-10(2)15(12)21/h3-5,16,19,21H,6-8H2,1-2H3. The van der Waals surface area contributed by atoms with Gasteiger partial charge in [0.2, 0.25) is 5.91 Å². The number of aromatic hydroxyl groups is 1. The molecule has 1 aliphatic heterocycles. The third-order valence-corrected chi connectivity index (χ3v) is 5.12. The fraction of sp³-hybridized carbons (Fsp3) is 0.375. The maximum Gasteiger partial charge on any atom is 0.234 e. The topological polar surface area (TPSA) is 86.8 Å². The Labute approximate surface area is 138 Å². The quantitative estimate of drug-likeness (QED) is 0.892. The van der Waals surface area contributed by atoms with Gasteiger partial charge in [0, 0.05) is 17.3 Å². The fourth-order valence-corrected chi connectivity index (χ4v) is 3.74. The average molecular weight is 334 g/mol. The Balaban J connectivity index is 1.94. The van der Waals surface area contributed by atoms with E-state index in [1.165, 1.54) is 18.0 Å². The highest BCUT2D eigenvalue weighted by Gasteiger charge is 2.35. The minimum atomic E-state index is -0.240. The third kappa shape index (κ3) is 2.94. The number of nitrogens with zero attached hydrogens (tertiary/aromatic N) is 2. The normalized spacial score (nSPS) is 18.0. The van der Waals surface area contributed by atoms with Crippen molar-refractivity contribution in [3.63, 3.8) is 0 Å². The number of aryl methyl sites for hydroxylation is 2. The van der Waals surface area contributed by atoms with Crippen LogP contribution in [0.3, 0.4) is 0 Å². The lowest BCUT2D eigenvalue weighted by atomic mass is 10.1. The van der Waals surface area contributed by atoms with Crippen LogP contribution in [0.25, 0.3) is 0 Å².